The molecule has 0 spiro atoms. The van der Waals surface area contributed by atoms with Crippen LogP contribution in [-0.4, -0.2) is 92.1 Å². The number of aliphatic hydroxyl groups excluding tert-OH is 6. The Labute approximate surface area is 277 Å². The Kier molecular flexibility index (Phi) is 8.40. The summed E-state index contributed by atoms with van der Waals surface area (Å²) in [7, 11) is 0. The number of aliphatic hydroxyl groups is 6. The number of carbonyl (C=O) groups is 2. The number of allylic oxidation sites excluding steroid dienone is 2. The number of hydrogen-bond donors (Lipinski definition) is 6. The molecule has 266 valence electrons. The summed E-state index contributed by atoms with van der Waals surface area (Å²) >= 11 is 0. The van der Waals surface area contributed by atoms with E-state index >= 15 is 0 Å². The fourth-order valence-electron chi connectivity index (χ4n) is 12.0. The number of esters is 1. The van der Waals surface area contributed by atoms with E-state index in [1.165, 1.54) is 0 Å². The van der Waals surface area contributed by atoms with E-state index in [4.69, 9.17) is 9.47 Å². The second-order valence-electron chi connectivity index (χ2n) is 17.7. The van der Waals surface area contributed by atoms with E-state index in [1.807, 2.05) is 0 Å². The second-order valence-corrected chi connectivity index (χ2v) is 17.7. The molecule has 0 aromatic carbocycles. The summed E-state index contributed by atoms with van der Waals surface area (Å²) in [6.45, 7) is 12.0. The third kappa shape index (κ3) is 4.62. The highest BCUT2D eigenvalue weighted by Crippen LogP contribution is 2.75. The highest BCUT2D eigenvalue weighted by atomic mass is 16.7. The molecule has 15 atom stereocenters. The van der Waals surface area contributed by atoms with Gasteiger partial charge in [0, 0.05) is 5.41 Å². The van der Waals surface area contributed by atoms with Crippen LogP contribution in [0.4, 0.5) is 0 Å². The number of hydrogen-bond acceptors (Lipinski definition) is 11. The van der Waals surface area contributed by atoms with Gasteiger partial charge in [-0.1, -0.05) is 53.2 Å². The lowest BCUT2D eigenvalue weighted by Crippen LogP contribution is -2.69. The van der Waals surface area contributed by atoms with E-state index in [9.17, 15) is 45.3 Å². The first kappa shape index (κ1) is 35.2. The molecule has 0 aromatic rings. The molecule has 0 aromatic heterocycles. The van der Waals surface area contributed by atoms with E-state index in [1.54, 1.807) is 6.92 Å². The summed E-state index contributed by atoms with van der Waals surface area (Å²) in [5.74, 6) is -2.52. The summed E-state index contributed by atoms with van der Waals surface area (Å²) in [6.07, 6.45) is -2.81. The summed E-state index contributed by atoms with van der Waals surface area (Å²) in [4.78, 5) is 27.0. The number of carbonyl (C=O) groups excluding carboxylic acids is 2. The molecule has 0 amide bonds. The highest BCUT2D eigenvalue weighted by Gasteiger charge is 2.72. The molecule has 1 heterocycles. The van der Waals surface area contributed by atoms with Crippen molar-refractivity contribution in [2.45, 2.75) is 142 Å². The van der Waals surface area contributed by atoms with Crippen LogP contribution in [-0.2, 0) is 19.1 Å². The van der Waals surface area contributed by atoms with Gasteiger partial charge in [-0.25, -0.2) is 0 Å². The summed E-state index contributed by atoms with van der Waals surface area (Å²) < 4.78 is 11.4. The number of fused-ring (bicyclic) bond motifs is 7. The van der Waals surface area contributed by atoms with Crippen LogP contribution in [0.2, 0.25) is 0 Å². The van der Waals surface area contributed by atoms with Crippen molar-refractivity contribution in [3.63, 3.8) is 0 Å². The average molecular weight is 664 g/mol. The Bertz CT molecular complexity index is 1310. The van der Waals surface area contributed by atoms with Gasteiger partial charge in [0.1, 0.15) is 29.8 Å². The molecule has 4 saturated carbocycles. The summed E-state index contributed by atoms with van der Waals surface area (Å²) in [6, 6.07) is 0. The third-order valence-electron chi connectivity index (χ3n) is 15.2. The van der Waals surface area contributed by atoms with Gasteiger partial charge in [-0.05, 0) is 97.2 Å². The van der Waals surface area contributed by atoms with E-state index in [-0.39, 0.29) is 40.4 Å². The van der Waals surface area contributed by atoms with Crippen LogP contribution in [0.1, 0.15) is 99.3 Å². The average Bonchev–Trinajstić information content (AvgIpc) is 2.99. The maximum absolute atomic E-state index is 14.4. The molecule has 47 heavy (non-hydrogen) atoms. The maximum atomic E-state index is 14.4. The van der Waals surface area contributed by atoms with Crippen molar-refractivity contribution in [3.05, 3.63) is 11.6 Å². The van der Waals surface area contributed by atoms with Crippen LogP contribution in [0.15, 0.2) is 11.6 Å². The van der Waals surface area contributed by atoms with Gasteiger partial charge in [-0.2, -0.15) is 0 Å². The molecular weight excluding hydrogens is 608 g/mol. The van der Waals surface area contributed by atoms with Crippen molar-refractivity contribution < 1.29 is 54.8 Å². The van der Waals surface area contributed by atoms with Crippen LogP contribution >= 0.6 is 0 Å². The minimum absolute atomic E-state index is 0.0750. The van der Waals surface area contributed by atoms with Crippen molar-refractivity contribution in [2.24, 2.45) is 50.2 Å². The highest BCUT2D eigenvalue weighted by molar-refractivity contribution is 5.80. The molecular formula is C36H55O11-. The van der Waals surface area contributed by atoms with Gasteiger partial charge in [0.25, 0.3) is 0 Å². The largest absolute Gasteiger partial charge is 0.549 e. The topological polar surface area (TPSA) is 197 Å². The minimum atomic E-state index is -1.75. The van der Waals surface area contributed by atoms with Gasteiger partial charge in [-0.3, -0.25) is 4.79 Å². The number of ether oxygens (including phenoxy) is 2. The van der Waals surface area contributed by atoms with Gasteiger partial charge in [0.15, 0.2) is 0 Å². The van der Waals surface area contributed by atoms with Crippen LogP contribution < -0.4 is 5.11 Å². The number of rotatable bonds is 4. The second kappa shape index (κ2) is 11.2. The Morgan fingerprint density at radius 1 is 0.872 bits per heavy atom. The molecule has 1 aliphatic heterocycles. The number of carboxylic acid groups (broad SMARTS) is 1. The molecule has 6 aliphatic rings. The van der Waals surface area contributed by atoms with Crippen molar-refractivity contribution in [1.82, 2.24) is 0 Å². The minimum Gasteiger partial charge on any atom is -0.549 e. The van der Waals surface area contributed by atoms with E-state index < -0.39 is 77.7 Å². The molecule has 6 N–H and O–H groups in total. The lowest BCUT2D eigenvalue weighted by Gasteiger charge is -2.71. The number of aliphatic carboxylic acids is 1. The Morgan fingerprint density at radius 2 is 1.55 bits per heavy atom. The van der Waals surface area contributed by atoms with E-state index in [0.29, 0.717) is 51.4 Å². The van der Waals surface area contributed by atoms with Gasteiger partial charge >= 0.3 is 5.97 Å². The van der Waals surface area contributed by atoms with Crippen LogP contribution in [0.25, 0.3) is 0 Å². The predicted octanol–water partition coefficient (Wildman–Crippen LogP) is 1.19. The summed E-state index contributed by atoms with van der Waals surface area (Å²) in [5, 5.41) is 76.8. The molecule has 5 aliphatic carbocycles. The first-order chi connectivity index (χ1) is 21.7. The lowest BCUT2D eigenvalue weighted by atomic mass is 9.33. The van der Waals surface area contributed by atoms with Gasteiger partial charge in [0.05, 0.1) is 24.8 Å². The Morgan fingerprint density at radius 3 is 2.19 bits per heavy atom. The zero-order chi connectivity index (χ0) is 34.7. The summed E-state index contributed by atoms with van der Waals surface area (Å²) in [5.41, 5.74) is -2.99. The number of carboxylic acids is 1. The van der Waals surface area contributed by atoms with Crippen LogP contribution in [0.3, 0.4) is 0 Å². The fourth-order valence-corrected chi connectivity index (χ4v) is 12.0. The SMILES string of the molecule is CC1(C)CC[C@]2(C(=O)OC3OC(CO)[C@@H](O)[C@H](O)[C@@H]3O)C(O)C[C@]3(C)C(=CCC4[C@@]5(C)CC[C@H](O)[C@@](C)(C(=O)[O-])C5CC[C@]43C)C2C1. The van der Waals surface area contributed by atoms with Crippen molar-refractivity contribution in [2.75, 3.05) is 6.61 Å². The lowest BCUT2D eigenvalue weighted by molar-refractivity contribution is -0.335. The molecule has 0 bridgehead atoms. The molecule has 6 rings (SSSR count). The Balaban J connectivity index is 1.39. The van der Waals surface area contributed by atoms with E-state index in [2.05, 4.69) is 40.7 Å². The van der Waals surface area contributed by atoms with Crippen molar-refractivity contribution in [3.8, 4) is 0 Å². The van der Waals surface area contributed by atoms with Crippen molar-refractivity contribution in [1.29, 1.82) is 0 Å². The maximum Gasteiger partial charge on any atom is 0.317 e. The van der Waals surface area contributed by atoms with Gasteiger partial charge in [0.2, 0.25) is 6.29 Å². The zero-order valence-electron chi connectivity index (χ0n) is 28.6. The van der Waals surface area contributed by atoms with Gasteiger partial charge in [-0.15, -0.1) is 0 Å². The molecule has 11 nitrogen and oxygen atoms in total. The Hall–Kier alpha value is -1.60. The van der Waals surface area contributed by atoms with Gasteiger partial charge < -0.3 is 50.0 Å². The fraction of sp³-hybridized carbons (Fsp3) is 0.889. The quantitative estimate of drug-likeness (QED) is 0.187. The monoisotopic (exact) mass is 663 g/mol. The van der Waals surface area contributed by atoms with Crippen molar-refractivity contribution >= 4 is 11.9 Å². The van der Waals surface area contributed by atoms with Crippen LogP contribution in [0.5, 0.6) is 0 Å². The standard InChI is InChI=1S/C36H56O11/c1-31(2)13-14-36(30(45)47-28-27(42)26(41)25(40)20(17-37)46-28)19(15-31)18-7-8-21-32(3)11-10-23(38)35(6,29(43)44)22(32)9-12-33(21,4)34(18,5)16-24(36)39/h7,19-28,37-42H,8-17H2,1-6H3,(H,43,44)/p-1/t19?,20?,21?,22?,23-,24?,25+,26-,27-,28?,32+,33+,34+,35-,36+/m0/s1. The van der Waals surface area contributed by atoms with E-state index in [0.717, 1.165) is 5.57 Å². The first-order valence-electron chi connectivity index (χ1n) is 17.5. The normalized spacial score (nSPS) is 53.7. The molecule has 1 saturated heterocycles. The molecule has 11 heteroatoms. The third-order valence-corrected chi connectivity index (χ3v) is 15.2. The zero-order valence-corrected chi connectivity index (χ0v) is 28.6. The molecule has 5 fully saturated rings. The molecule has 0 radical (unpaired) electrons. The predicted molar refractivity (Wildman–Crippen MR) is 166 cm³/mol. The molecule has 6 unspecified atom stereocenters. The van der Waals surface area contributed by atoms with Crippen LogP contribution in [0, 0.1) is 50.2 Å². The first-order valence-corrected chi connectivity index (χ1v) is 17.5. The smallest absolute Gasteiger partial charge is 0.317 e.